The van der Waals surface area contributed by atoms with Crippen LogP contribution in [-0.4, -0.2) is 64.9 Å². The molecule has 6 atom stereocenters. The van der Waals surface area contributed by atoms with Gasteiger partial charge in [-0.15, -0.1) is 0 Å². The van der Waals surface area contributed by atoms with Gasteiger partial charge in [-0.05, 0) is 31.2 Å². The van der Waals surface area contributed by atoms with Gasteiger partial charge in [0.1, 0.15) is 5.75 Å². The fourth-order valence-electron chi connectivity index (χ4n) is 6.41. The van der Waals surface area contributed by atoms with E-state index in [1.54, 1.807) is 31.2 Å². The Morgan fingerprint density at radius 1 is 0.861 bits per heavy atom. The number of methoxy groups -OCH3 is 2. The lowest BCUT2D eigenvalue weighted by atomic mass is 9.57. The maximum atomic E-state index is 13.4. The average molecular weight is 496 g/mol. The van der Waals surface area contributed by atoms with Gasteiger partial charge in [0, 0.05) is 11.5 Å². The molecule has 11 nitrogen and oxygen atoms in total. The molecule has 6 unspecified atom stereocenters. The first-order valence-corrected chi connectivity index (χ1v) is 11.5. The molecule has 0 aromatic heterocycles. The molecular formula is C25H24N2O9. The van der Waals surface area contributed by atoms with Crippen LogP contribution in [0.4, 0.5) is 9.59 Å². The van der Waals surface area contributed by atoms with Crippen LogP contribution in [0.15, 0.2) is 29.8 Å². The number of hydrogen-bond acceptors (Lipinski definition) is 9. The van der Waals surface area contributed by atoms with Crippen molar-refractivity contribution in [1.82, 2.24) is 9.80 Å². The molecule has 1 aromatic rings. The molecule has 0 bridgehead atoms. The first kappa shape index (κ1) is 23.7. The summed E-state index contributed by atoms with van der Waals surface area (Å²) in [6.07, 6.45) is -0.263. The van der Waals surface area contributed by atoms with Crippen LogP contribution in [-0.2, 0) is 28.7 Å². The van der Waals surface area contributed by atoms with E-state index in [0.717, 1.165) is 14.2 Å². The number of carbonyl (C=O) groups excluding carboxylic acids is 6. The fourth-order valence-corrected chi connectivity index (χ4v) is 6.41. The van der Waals surface area contributed by atoms with Crippen LogP contribution < -0.4 is 0 Å². The molecular weight excluding hydrogens is 472 g/mol. The molecule has 6 amide bonds. The Morgan fingerprint density at radius 2 is 1.44 bits per heavy atom. The normalized spacial score (nSPS) is 31.0. The molecule has 188 valence electrons. The highest BCUT2D eigenvalue weighted by Crippen LogP contribution is 2.59. The number of aromatic hydroxyl groups is 1. The Morgan fingerprint density at radius 3 is 2.06 bits per heavy atom. The number of amides is 6. The van der Waals surface area contributed by atoms with Crippen LogP contribution in [0.5, 0.6) is 5.75 Å². The standard InChI is InChI=1S/C25H24N2O9/c1-10-5-4-6-12(19(10)28)16-11-7-8-13-17(22(31)26(20(13)29)24(33)35-2)14(11)9-15-18(16)23(32)27(21(15)30)25(34)36-3/h4-7,13-18,28H,8-9H2,1-3H3. The molecule has 4 aliphatic rings. The number of nitrogens with zero attached hydrogens (tertiary/aromatic N) is 2. The Labute approximate surface area is 205 Å². The van der Waals surface area contributed by atoms with Gasteiger partial charge < -0.3 is 14.6 Å². The van der Waals surface area contributed by atoms with Gasteiger partial charge in [0.25, 0.3) is 0 Å². The minimum absolute atomic E-state index is 0.0207. The Hall–Kier alpha value is -4.02. The van der Waals surface area contributed by atoms with E-state index >= 15 is 0 Å². The minimum atomic E-state index is -1.11. The molecule has 0 radical (unpaired) electrons. The van der Waals surface area contributed by atoms with E-state index in [1.807, 2.05) is 0 Å². The number of fused-ring (bicyclic) bond motifs is 4. The van der Waals surface area contributed by atoms with E-state index in [4.69, 9.17) is 0 Å². The molecule has 1 N–H and O–H groups in total. The van der Waals surface area contributed by atoms with Crippen LogP contribution >= 0.6 is 0 Å². The molecule has 2 saturated heterocycles. The van der Waals surface area contributed by atoms with Crippen molar-refractivity contribution in [1.29, 1.82) is 0 Å². The highest BCUT2D eigenvalue weighted by Gasteiger charge is 2.64. The first-order valence-electron chi connectivity index (χ1n) is 11.5. The van der Waals surface area contributed by atoms with Crippen molar-refractivity contribution in [3.8, 4) is 5.75 Å². The van der Waals surface area contributed by atoms with Crippen molar-refractivity contribution >= 4 is 35.8 Å². The minimum Gasteiger partial charge on any atom is -0.507 e. The summed E-state index contributed by atoms with van der Waals surface area (Å²) in [6.45, 7) is 1.69. The second kappa shape index (κ2) is 8.28. The molecule has 0 spiro atoms. The lowest BCUT2D eigenvalue weighted by Crippen LogP contribution is -2.43. The quantitative estimate of drug-likeness (QED) is 0.454. The van der Waals surface area contributed by atoms with E-state index in [-0.39, 0.29) is 18.6 Å². The van der Waals surface area contributed by atoms with E-state index in [2.05, 4.69) is 9.47 Å². The number of phenols is 1. The summed E-state index contributed by atoms with van der Waals surface area (Å²) in [5.41, 5.74) is 1.55. The monoisotopic (exact) mass is 496 g/mol. The molecule has 1 saturated carbocycles. The van der Waals surface area contributed by atoms with Gasteiger partial charge in [-0.25, -0.2) is 9.59 Å². The highest BCUT2D eigenvalue weighted by atomic mass is 16.5. The van der Waals surface area contributed by atoms with Gasteiger partial charge in [-0.1, -0.05) is 29.8 Å². The summed E-state index contributed by atoms with van der Waals surface area (Å²) in [5, 5.41) is 10.9. The SMILES string of the molecule is COC(=O)N1C(=O)C2CC=C3C(CC4C(=O)N(C(=O)OC)C(=O)C4C3c3cccc(C)c3O)C2C1=O. The van der Waals surface area contributed by atoms with E-state index in [0.29, 0.717) is 26.5 Å². The topological polar surface area (TPSA) is 148 Å². The maximum absolute atomic E-state index is 13.4. The summed E-state index contributed by atoms with van der Waals surface area (Å²) >= 11 is 0. The zero-order valence-corrected chi connectivity index (χ0v) is 19.8. The van der Waals surface area contributed by atoms with Crippen LogP contribution in [0, 0.1) is 36.5 Å². The Bertz CT molecular complexity index is 1270. The first-order chi connectivity index (χ1) is 17.1. The number of aryl methyl sites for hydroxylation is 1. The van der Waals surface area contributed by atoms with Gasteiger partial charge >= 0.3 is 12.2 Å². The summed E-state index contributed by atoms with van der Waals surface area (Å²) in [4.78, 5) is 78.5. The Kier molecular flexibility index (Phi) is 5.46. The smallest absolute Gasteiger partial charge is 0.423 e. The van der Waals surface area contributed by atoms with Gasteiger partial charge in [-0.2, -0.15) is 9.80 Å². The number of ether oxygens (including phenoxy) is 2. The number of imide groups is 6. The summed E-state index contributed by atoms with van der Waals surface area (Å²) < 4.78 is 9.29. The third kappa shape index (κ3) is 3.04. The maximum Gasteiger partial charge on any atom is 0.423 e. The zero-order chi connectivity index (χ0) is 26.0. The number of benzene rings is 1. The molecule has 11 heteroatoms. The van der Waals surface area contributed by atoms with Gasteiger partial charge in [-0.3, -0.25) is 19.2 Å². The third-order valence-electron chi connectivity index (χ3n) is 7.97. The number of rotatable bonds is 1. The molecule has 2 aliphatic heterocycles. The second-order valence-corrected chi connectivity index (χ2v) is 9.50. The number of allylic oxidation sites excluding steroid dienone is 2. The number of hydrogen-bond donors (Lipinski definition) is 1. The highest BCUT2D eigenvalue weighted by molar-refractivity contribution is 6.17. The van der Waals surface area contributed by atoms with Crippen molar-refractivity contribution in [3.63, 3.8) is 0 Å². The second-order valence-electron chi connectivity index (χ2n) is 9.50. The van der Waals surface area contributed by atoms with E-state index in [1.165, 1.54) is 0 Å². The van der Waals surface area contributed by atoms with Crippen LogP contribution in [0.25, 0.3) is 0 Å². The number of carbonyl (C=O) groups is 6. The van der Waals surface area contributed by atoms with Crippen LogP contribution in [0.2, 0.25) is 0 Å². The van der Waals surface area contributed by atoms with Gasteiger partial charge in [0.15, 0.2) is 0 Å². The summed E-state index contributed by atoms with van der Waals surface area (Å²) in [7, 11) is 2.13. The number of para-hydroxylation sites is 1. The van der Waals surface area contributed by atoms with Gasteiger partial charge in [0.2, 0.25) is 23.6 Å². The van der Waals surface area contributed by atoms with Crippen molar-refractivity contribution in [3.05, 3.63) is 41.0 Å². The van der Waals surface area contributed by atoms with Crippen molar-refractivity contribution in [2.45, 2.75) is 25.7 Å². The number of phenolic OH excluding ortho intramolecular Hbond substituents is 1. The molecule has 1 aromatic carbocycles. The van der Waals surface area contributed by atoms with Crippen LogP contribution in [0.1, 0.15) is 29.9 Å². The predicted molar refractivity (Wildman–Crippen MR) is 119 cm³/mol. The lowest BCUT2D eigenvalue weighted by molar-refractivity contribution is -0.139. The molecule has 2 aliphatic carbocycles. The molecule has 2 heterocycles. The van der Waals surface area contributed by atoms with Crippen LogP contribution in [0.3, 0.4) is 0 Å². The lowest BCUT2D eigenvalue weighted by Gasteiger charge is -2.44. The zero-order valence-electron chi connectivity index (χ0n) is 19.8. The van der Waals surface area contributed by atoms with E-state index in [9.17, 15) is 33.9 Å². The predicted octanol–water partition coefficient (Wildman–Crippen LogP) is 1.87. The molecule has 3 fully saturated rings. The third-order valence-corrected chi connectivity index (χ3v) is 7.97. The fraction of sp³-hybridized carbons (Fsp3) is 0.440. The largest absolute Gasteiger partial charge is 0.507 e. The van der Waals surface area contributed by atoms with E-state index < -0.39 is 71.3 Å². The number of likely N-dealkylation sites (tertiary alicyclic amines) is 2. The van der Waals surface area contributed by atoms with Crippen molar-refractivity contribution in [2.75, 3.05) is 14.2 Å². The molecule has 5 rings (SSSR count). The van der Waals surface area contributed by atoms with Crippen molar-refractivity contribution < 1.29 is 43.3 Å². The molecule has 36 heavy (non-hydrogen) atoms. The van der Waals surface area contributed by atoms with Crippen molar-refractivity contribution in [2.24, 2.45) is 29.6 Å². The average Bonchev–Trinajstić information content (AvgIpc) is 3.27. The Balaban J connectivity index is 1.66. The summed E-state index contributed by atoms with van der Waals surface area (Å²) in [5.74, 6) is -8.21. The summed E-state index contributed by atoms with van der Waals surface area (Å²) in [6, 6.07) is 5.04. The van der Waals surface area contributed by atoms with Gasteiger partial charge in [0.05, 0.1) is 37.9 Å².